The molecule has 0 aliphatic heterocycles. The van der Waals surface area contributed by atoms with E-state index < -0.39 is 0 Å². The Bertz CT molecular complexity index is 252. The highest BCUT2D eigenvalue weighted by atomic mass is 16.6. The van der Waals surface area contributed by atoms with Crippen molar-refractivity contribution in [1.82, 2.24) is 4.90 Å². The van der Waals surface area contributed by atoms with E-state index in [9.17, 15) is 4.79 Å². The monoisotopic (exact) mass is 285 g/mol. The number of esters is 1. The third-order valence-corrected chi connectivity index (χ3v) is 2.88. The van der Waals surface area contributed by atoms with Gasteiger partial charge in [0.25, 0.3) is 0 Å². The van der Waals surface area contributed by atoms with Crippen molar-refractivity contribution in [2.75, 3.05) is 40.5 Å². The Hall–Kier alpha value is -0.870. The second kappa shape index (κ2) is 14.5. The molecule has 0 rings (SSSR count). The molecular formula is C16H31NO3. The van der Waals surface area contributed by atoms with Crippen molar-refractivity contribution in [2.45, 2.75) is 45.4 Å². The maximum atomic E-state index is 11.3. The molecular weight excluding hydrogens is 254 g/mol. The van der Waals surface area contributed by atoms with Gasteiger partial charge in [0, 0.05) is 12.6 Å². The highest BCUT2D eigenvalue weighted by Gasteiger charge is 1.97. The fourth-order valence-corrected chi connectivity index (χ4v) is 1.64. The molecule has 4 nitrogen and oxygen atoms in total. The Kier molecular flexibility index (Phi) is 13.9. The summed E-state index contributed by atoms with van der Waals surface area (Å²) < 4.78 is 10.4. The second-order valence-electron chi connectivity index (χ2n) is 5.19. The van der Waals surface area contributed by atoms with Crippen LogP contribution in [-0.2, 0) is 14.3 Å². The van der Waals surface area contributed by atoms with Crippen LogP contribution in [0.2, 0.25) is 0 Å². The predicted molar refractivity (Wildman–Crippen MR) is 82.8 cm³/mol. The molecule has 118 valence electrons. The van der Waals surface area contributed by atoms with Gasteiger partial charge in [0.05, 0.1) is 13.2 Å². The number of ether oxygens (including phenoxy) is 2. The van der Waals surface area contributed by atoms with Gasteiger partial charge in [-0.15, -0.1) is 0 Å². The molecule has 0 bridgehead atoms. The number of rotatable bonds is 13. The van der Waals surface area contributed by atoms with E-state index in [-0.39, 0.29) is 5.97 Å². The number of likely N-dealkylation sites (N-methyl/N-ethyl adjacent to an activating group) is 1. The van der Waals surface area contributed by atoms with E-state index in [0.717, 1.165) is 19.4 Å². The Labute approximate surface area is 124 Å². The minimum absolute atomic E-state index is 0.269. The fourth-order valence-electron chi connectivity index (χ4n) is 1.64. The Balaban J connectivity index is 3.31. The summed E-state index contributed by atoms with van der Waals surface area (Å²) in [7, 11) is 3.99. The Morgan fingerprint density at radius 3 is 2.50 bits per heavy atom. The van der Waals surface area contributed by atoms with Gasteiger partial charge in [0.1, 0.15) is 6.61 Å². The molecule has 20 heavy (non-hydrogen) atoms. The van der Waals surface area contributed by atoms with Crippen molar-refractivity contribution in [3.63, 3.8) is 0 Å². The maximum absolute atomic E-state index is 11.3. The van der Waals surface area contributed by atoms with Crippen molar-refractivity contribution in [2.24, 2.45) is 0 Å². The van der Waals surface area contributed by atoms with E-state index >= 15 is 0 Å². The summed E-state index contributed by atoms with van der Waals surface area (Å²) in [5, 5.41) is 0. The Morgan fingerprint density at radius 2 is 1.80 bits per heavy atom. The van der Waals surface area contributed by atoms with Gasteiger partial charge in [0.2, 0.25) is 0 Å². The summed E-state index contributed by atoms with van der Waals surface area (Å²) in [5.74, 6) is -0.269. The number of carbonyl (C=O) groups excluding carboxylic acids is 1. The van der Waals surface area contributed by atoms with E-state index in [4.69, 9.17) is 9.47 Å². The second-order valence-corrected chi connectivity index (χ2v) is 5.19. The average Bonchev–Trinajstić information content (AvgIpc) is 2.41. The van der Waals surface area contributed by atoms with E-state index in [1.54, 1.807) is 0 Å². The van der Waals surface area contributed by atoms with Gasteiger partial charge >= 0.3 is 5.97 Å². The van der Waals surface area contributed by atoms with Crippen LogP contribution in [0.1, 0.15) is 45.4 Å². The lowest BCUT2D eigenvalue weighted by molar-refractivity contribution is -0.139. The molecule has 0 atom stereocenters. The van der Waals surface area contributed by atoms with Crippen molar-refractivity contribution >= 4 is 5.97 Å². The van der Waals surface area contributed by atoms with E-state index in [1.807, 2.05) is 20.2 Å². The fraction of sp³-hybridized carbons (Fsp3) is 0.812. The molecule has 0 radical (unpaired) electrons. The van der Waals surface area contributed by atoms with Gasteiger partial charge in [-0.05, 0) is 26.9 Å². The lowest BCUT2D eigenvalue weighted by atomic mass is 10.1. The smallest absolute Gasteiger partial charge is 0.330 e. The normalized spacial score (nSPS) is 11.4. The highest BCUT2D eigenvalue weighted by molar-refractivity contribution is 5.81. The molecule has 0 spiro atoms. The number of allylic oxidation sites excluding steroid dienone is 1. The van der Waals surface area contributed by atoms with Crippen molar-refractivity contribution < 1.29 is 14.3 Å². The summed E-state index contributed by atoms with van der Waals surface area (Å²) in [5.41, 5.74) is 0. The molecule has 0 aliphatic carbocycles. The lowest BCUT2D eigenvalue weighted by Crippen LogP contribution is -2.19. The first-order chi connectivity index (χ1) is 9.66. The summed E-state index contributed by atoms with van der Waals surface area (Å²) in [4.78, 5) is 13.4. The molecule has 0 fully saturated rings. The first-order valence-corrected chi connectivity index (χ1v) is 7.72. The minimum atomic E-state index is -0.269. The first-order valence-electron chi connectivity index (χ1n) is 7.72. The first kappa shape index (κ1) is 19.1. The molecule has 0 amide bonds. The molecule has 0 aromatic rings. The van der Waals surface area contributed by atoms with Crippen molar-refractivity contribution in [3.05, 3.63) is 12.2 Å². The van der Waals surface area contributed by atoms with Crippen LogP contribution in [0.15, 0.2) is 12.2 Å². The zero-order chi connectivity index (χ0) is 15.1. The summed E-state index contributed by atoms with van der Waals surface area (Å²) in [6.07, 6.45) is 10.6. The number of nitrogens with zero attached hydrogens (tertiary/aromatic N) is 1. The molecule has 0 saturated carbocycles. The maximum Gasteiger partial charge on any atom is 0.330 e. The minimum Gasteiger partial charge on any atom is -0.460 e. The Morgan fingerprint density at radius 1 is 1.05 bits per heavy atom. The standard InChI is InChI=1S/C16H31NO3/c1-4-5-6-7-8-9-10-11-16(18)20-15-14-19-13-12-17(2)3/h10-11H,4-9,12-15H2,1-3H3/b11-10+. The van der Waals surface area contributed by atoms with Crippen LogP contribution in [0.4, 0.5) is 0 Å². The van der Waals surface area contributed by atoms with Gasteiger partial charge in [0.15, 0.2) is 0 Å². The molecule has 0 aromatic carbocycles. The van der Waals surface area contributed by atoms with Crippen LogP contribution in [-0.4, -0.2) is 51.3 Å². The van der Waals surface area contributed by atoms with Gasteiger partial charge in [-0.25, -0.2) is 4.79 Å². The van der Waals surface area contributed by atoms with E-state index in [0.29, 0.717) is 19.8 Å². The van der Waals surface area contributed by atoms with Gasteiger partial charge in [-0.3, -0.25) is 0 Å². The van der Waals surface area contributed by atoms with Crippen LogP contribution in [0.5, 0.6) is 0 Å². The van der Waals surface area contributed by atoms with Gasteiger partial charge in [-0.2, -0.15) is 0 Å². The van der Waals surface area contributed by atoms with E-state index in [2.05, 4.69) is 11.8 Å². The average molecular weight is 285 g/mol. The topological polar surface area (TPSA) is 38.8 Å². The third kappa shape index (κ3) is 15.2. The summed E-state index contributed by atoms with van der Waals surface area (Å²) >= 11 is 0. The molecule has 0 N–H and O–H groups in total. The van der Waals surface area contributed by atoms with E-state index in [1.165, 1.54) is 31.8 Å². The molecule has 0 unspecified atom stereocenters. The van der Waals surface area contributed by atoms with Crippen LogP contribution in [0.3, 0.4) is 0 Å². The number of hydrogen-bond donors (Lipinski definition) is 0. The van der Waals surface area contributed by atoms with Crippen LogP contribution < -0.4 is 0 Å². The third-order valence-electron chi connectivity index (χ3n) is 2.88. The molecule has 0 heterocycles. The number of carbonyl (C=O) groups is 1. The van der Waals surface area contributed by atoms with Gasteiger partial charge < -0.3 is 14.4 Å². The SMILES string of the molecule is CCCCCCC/C=C/C(=O)OCCOCCN(C)C. The summed E-state index contributed by atoms with van der Waals surface area (Å²) in [6, 6.07) is 0. The summed E-state index contributed by atoms with van der Waals surface area (Å²) in [6.45, 7) is 4.54. The van der Waals surface area contributed by atoms with Crippen LogP contribution in [0.25, 0.3) is 0 Å². The molecule has 4 heteroatoms. The quantitative estimate of drug-likeness (QED) is 0.296. The zero-order valence-corrected chi connectivity index (χ0v) is 13.4. The van der Waals surface area contributed by atoms with Crippen LogP contribution in [0, 0.1) is 0 Å². The van der Waals surface area contributed by atoms with Crippen molar-refractivity contribution in [1.29, 1.82) is 0 Å². The predicted octanol–water partition coefficient (Wildman–Crippen LogP) is 3.02. The van der Waals surface area contributed by atoms with Crippen molar-refractivity contribution in [3.8, 4) is 0 Å². The lowest BCUT2D eigenvalue weighted by Gasteiger charge is -2.09. The van der Waals surface area contributed by atoms with Gasteiger partial charge in [-0.1, -0.05) is 38.7 Å². The largest absolute Gasteiger partial charge is 0.460 e. The highest BCUT2D eigenvalue weighted by Crippen LogP contribution is 2.05. The molecule has 0 saturated heterocycles. The zero-order valence-electron chi connectivity index (χ0n) is 13.4. The number of unbranched alkanes of at least 4 members (excludes halogenated alkanes) is 5. The molecule has 0 aliphatic rings. The number of hydrogen-bond acceptors (Lipinski definition) is 4. The van der Waals surface area contributed by atoms with Crippen LogP contribution >= 0.6 is 0 Å². The molecule has 0 aromatic heterocycles.